The maximum atomic E-state index is 12.0. The first kappa shape index (κ1) is 20.1. The van der Waals surface area contributed by atoms with Gasteiger partial charge in [-0.25, -0.2) is 0 Å². The molecule has 2 aromatic carbocycles. The molecule has 1 aromatic heterocycles. The highest BCUT2D eigenvalue weighted by Crippen LogP contribution is 2.20. The van der Waals surface area contributed by atoms with Gasteiger partial charge in [-0.15, -0.1) is 0 Å². The standard InChI is InChI=1S/C21H22N4O4/c1-13(26)23-16-4-6-17(7-5-16)24-21(29)20(28)22-12-19(27)15-3-8-18-14(11-15)9-10-25(18)2/h3-11,19,27H,12H2,1-2H3,(H,22,28)(H,23,26)(H,24,29). The largest absolute Gasteiger partial charge is 0.387 e. The van der Waals surface area contributed by atoms with E-state index in [1.54, 1.807) is 30.3 Å². The van der Waals surface area contributed by atoms with E-state index in [0.29, 0.717) is 16.9 Å². The second-order valence-corrected chi connectivity index (χ2v) is 6.68. The van der Waals surface area contributed by atoms with E-state index in [4.69, 9.17) is 0 Å². The molecule has 29 heavy (non-hydrogen) atoms. The predicted molar refractivity (Wildman–Crippen MR) is 110 cm³/mol. The molecule has 8 heteroatoms. The third-order valence-electron chi connectivity index (χ3n) is 4.42. The van der Waals surface area contributed by atoms with Gasteiger partial charge >= 0.3 is 11.8 Å². The number of rotatable bonds is 5. The lowest BCUT2D eigenvalue weighted by Crippen LogP contribution is -2.37. The van der Waals surface area contributed by atoms with Crippen molar-refractivity contribution in [3.05, 3.63) is 60.3 Å². The number of fused-ring (bicyclic) bond motifs is 1. The molecular formula is C21H22N4O4. The van der Waals surface area contributed by atoms with Crippen LogP contribution in [0.25, 0.3) is 10.9 Å². The second kappa shape index (κ2) is 8.57. The predicted octanol–water partition coefficient (Wildman–Crippen LogP) is 1.92. The van der Waals surface area contributed by atoms with Crippen molar-refractivity contribution in [3.8, 4) is 0 Å². The minimum Gasteiger partial charge on any atom is -0.387 e. The van der Waals surface area contributed by atoms with E-state index in [0.717, 1.165) is 10.9 Å². The number of aryl methyl sites for hydroxylation is 1. The number of nitrogens with zero attached hydrogens (tertiary/aromatic N) is 1. The molecule has 3 amide bonds. The smallest absolute Gasteiger partial charge is 0.313 e. The lowest BCUT2D eigenvalue weighted by Gasteiger charge is -2.13. The van der Waals surface area contributed by atoms with Gasteiger partial charge in [-0.3, -0.25) is 14.4 Å². The Kier molecular flexibility index (Phi) is 5.94. The number of benzene rings is 2. The highest BCUT2D eigenvalue weighted by molar-refractivity contribution is 6.39. The number of amides is 3. The Morgan fingerprint density at radius 3 is 2.28 bits per heavy atom. The van der Waals surface area contributed by atoms with Gasteiger partial charge in [-0.2, -0.15) is 0 Å². The number of hydrogen-bond donors (Lipinski definition) is 4. The van der Waals surface area contributed by atoms with Crippen LogP contribution in [-0.2, 0) is 21.4 Å². The van der Waals surface area contributed by atoms with Crippen molar-refractivity contribution in [1.29, 1.82) is 0 Å². The van der Waals surface area contributed by atoms with E-state index in [9.17, 15) is 19.5 Å². The molecule has 8 nitrogen and oxygen atoms in total. The van der Waals surface area contributed by atoms with Crippen LogP contribution < -0.4 is 16.0 Å². The SMILES string of the molecule is CC(=O)Nc1ccc(NC(=O)C(=O)NCC(O)c2ccc3c(ccn3C)c2)cc1. The molecule has 0 aliphatic carbocycles. The summed E-state index contributed by atoms with van der Waals surface area (Å²) < 4.78 is 1.97. The third-order valence-corrected chi connectivity index (χ3v) is 4.42. The maximum absolute atomic E-state index is 12.0. The molecule has 0 saturated carbocycles. The molecule has 0 bridgehead atoms. The van der Waals surface area contributed by atoms with E-state index in [-0.39, 0.29) is 12.5 Å². The number of aliphatic hydroxyl groups excluding tert-OH is 1. The molecule has 3 rings (SSSR count). The minimum absolute atomic E-state index is 0.0912. The fourth-order valence-corrected chi connectivity index (χ4v) is 2.92. The Bertz CT molecular complexity index is 1060. The summed E-state index contributed by atoms with van der Waals surface area (Å²) in [6.07, 6.45) is 0.989. The van der Waals surface area contributed by atoms with Crippen LogP contribution in [0.5, 0.6) is 0 Å². The van der Waals surface area contributed by atoms with Crippen LogP contribution in [0.4, 0.5) is 11.4 Å². The van der Waals surface area contributed by atoms with Gasteiger partial charge in [0, 0.05) is 43.6 Å². The third kappa shape index (κ3) is 4.99. The zero-order valence-electron chi connectivity index (χ0n) is 16.1. The van der Waals surface area contributed by atoms with E-state index >= 15 is 0 Å². The average Bonchev–Trinajstić information content (AvgIpc) is 3.07. The first-order chi connectivity index (χ1) is 13.8. The summed E-state index contributed by atoms with van der Waals surface area (Å²) in [5, 5.41) is 18.8. The molecule has 4 N–H and O–H groups in total. The van der Waals surface area contributed by atoms with Gasteiger partial charge < -0.3 is 25.6 Å². The number of carbonyl (C=O) groups is 3. The fourth-order valence-electron chi connectivity index (χ4n) is 2.92. The molecule has 1 atom stereocenters. The zero-order chi connectivity index (χ0) is 21.0. The average molecular weight is 394 g/mol. The minimum atomic E-state index is -0.937. The number of hydrogen-bond acceptors (Lipinski definition) is 4. The quantitative estimate of drug-likeness (QED) is 0.495. The first-order valence-electron chi connectivity index (χ1n) is 9.03. The molecule has 0 spiro atoms. The van der Waals surface area contributed by atoms with Crippen molar-refractivity contribution < 1.29 is 19.5 Å². The molecule has 1 heterocycles. The van der Waals surface area contributed by atoms with Gasteiger partial charge in [0.1, 0.15) is 0 Å². The van der Waals surface area contributed by atoms with Crippen molar-refractivity contribution in [3.63, 3.8) is 0 Å². The first-order valence-corrected chi connectivity index (χ1v) is 9.03. The van der Waals surface area contributed by atoms with Crippen molar-refractivity contribution in [2.45, 2.75) is 13.0 Å². The number of aromatic nitrogens is 1. The Morgan fingerprint density at radius 2 is 1.62 bits per heavy atom. The summed E-state index contributed by atoms with van der Waals surface area (Å²) in [5.74, 6) is -1.90. The highest BCUT2D eigenvalue weighted by Gasteiger charge is 2.16. The van der Waals surface area contributed by atoms with Crippen LogP contribution in [0.3, 0.4) is 0 Å². The Hall–Kier alpha value is -3.65. The summed E-state index contributed by atoms with van der Waals surface area (Å²) in [5.41, 5.74) is 2.68. The van der Waals surface area contributed by atoms with Gasteiger partial charge in [0.2, 0.25) is 5.91 Å². The van der Waals surface area contributed by atoms with Crippen LogP contribution >= 0.6 is 0 Å². The fraction of sp³-hybridized carbons (Fsp3) is 0.190. The van der Waals surface area contributed by atoms with Gasteiger partial charge in [0.25, 0.3) is 0 Å². The Labute approximate surface area is 167 Å². The lowest BCUT2D eigenvalue weighted by molar-refractivity contribution is -0.136. The summed E-state index contributed by atoms with van der Waals surface area (Å²) in [6, 6.07) is 13.8. The van der Waals surface area contributed by atoms with Crippen LogP contribution in [0, 0.1) is 0 Å². The van der Waals surface area contributed by atoms with E-state index < -0.39 is 17.9 Å². The van der Waals surface area contributed by atoms with Crippen LogP contribution in [0.15, 0.2) is 54.7 Å². The normalized spacial score (nSPS) is 11.7. The Morgan fingerprint density at radius 1 is 0.966 bits per heavy atom. The van der Waals surface area contributed by atoms with Gasteiger partial charge in [0.05, 0.1) is 6.10 Å². The van der Waals surface area contributed by atoms with Gasteiger partial charge in [-0.1, -0.05) is 6.07 Å². The zero-order valence-corrected chi connectivity index (χ0v) is 16.1. The van der Waals surface area contributed by atoms with Crippen LogP contribution in [0.2, 0.25) is 0 Å². The summed E-state index contributed by atoms with van der Waals surface area (Å²) in [7, 11) is 1.94. The topological polar surface area (TPSA) is 112 Å². The van der Waals surface area contributed by atoms with Crippen molar-refractivity contribution in [2.24, 2.45) is 7.05 Å². The molecule has 0 fully saturated rings. The van der Waals surface area contributed by atoms with Gasteiger partial charge in [-0.05, 0) is 53.4 Å². The molecule has 0 saturated heterocycles. The summed E-state index contributed by atoms with van der Waals surface area (Å²) in [4.78, 5) is 35.0. The molecule has 0 radical (unpaired) electrons. The molecule has 1 unspecified atom stereocenters. The monoisotopic (exact) mass is 394 g/mol. The van der Waals surface area contributed by atoms with Crippen LogP contribution in [-0.4, -0.2) is 33.9 Å². The molecule has 0 aliphatic rings. The molecule has 150 valence electrons. The maximum Gasteiger partial charge on any atom is 0.313 e. The number of aliphatic hydroxyl groups is 1. The lowest BCUT2D eigenvalue weighted by atomic mass is 10.1. The van der Waals surface area contributed by atoms with E-state index in [1.165, 1.54) is 6.92 Å². The Balaban J connectivity index is 1.53. The van der Waals surface area contributed by atoms with Crippen LogP contribution in [0.1, 0.15) is 18.6 Å². The number of nitrogens with one attached hydrogen (secondary N) is 3. The molecule has 3 aromatic rings. The van der Waals surface area contributed by atoms with Crippen molar-refractivity contribution in [1.82, 2.24) is 9.88 Å². The van der Waals surface area contributed by atoms with Crippen molar-refractivity contribution in [2.75, 3.05) is 17.2 Å². The van der Waals surface area contributed by atoms with E-state index in [2.05, 4.69) is 16.0 Å². The summed E-state index contributed by atoms with van der Waals surface area (Å²) in [6.45, 7) is 1.30. The van der Waals surface area contributed by atoms with Crippen molar-refractivity contribution >= 4 is 40.0 Å². The second-order valence-electron chi connectivity index (χ2n) is 6.68. The van der Waals surface area contributed by atoms with E-state index in [1.807, 2.05) is 36.0 Å². The highest BCUT2D eigenvalue weighted by atomic mass is 16.3. The number of carbonyl (C=O) groups excluding carboxylic acids is 3. The molecule has 0 aliphatic heterocycles. The summed E-state index contributed by atoms with van der Waals surface area (Å²) >= 11 is 0. The van der Waals surface area contributed by atoms with Gasteiger partial charge in [0.15, 0.2) is 0 Å². The molecular weight excluding hydrogens is 372 g/mol. The number of anilines is 2.